The fourth-order valence-electron chi connectivity index (χ4n) is 10.0. The van der Waals surface area contributed by atoms with Crippen LogP contribution in [0.3, 0.4) is 0 Å². The minimum absolute atomic E-state index is 0.193. The van der Waals surface area contributed by atoms with E-state index in [9.17, 15) is 0 Å². The summed E-state index contributed by atoms with van der Waals surface area (Å²) in [6, 6.07) is 82.4. The molecule has 0 bridgehead atoms. The molecule has 0 spiro atoms. The van der Waals surface area contributed by atoms with Crippen LogP contribution in [0.5, 0.6) is 0 Å². The van der Waals surface area contributed by atoms with Crippen molar-refractivity contribution in [3.63, 3.8) is 0 Å². The molecule has 0 atom stereocenters. The van der Waals surface area contributed by atoms with Gasteiger partial charge in [-0.2, -0.15) is 0 Å². The van der Waals surface area contributed by atoms with E-state index in [0.717, 1.165) is 34.1 Å². The van der Waals surface area contributed by atoms with E-state index in [0.29, 0.717) is 0 Å². The molecular weight excluding hydrogens is 818 g/mol. The van der Waals surface area contributed by atoms with Gasteiger partial charge in [0.15, 0.2) is 0 Å². The molecule has 13 rings (SSSR count). The summed E-state index contributed by atoms with van der Waals surface area (Å²) in [6.45, 7) is 0. The molecule has 0 aliphatic rings. The van der Waals surface area contributed by atoms with Crippen LogP contribution in [0.1, 0.15) is 0 Å². The number of para-hydroxylation sites is 5. The topological polar surface area (TPSA) is 10.9 Å². The minimum atomic E-state index is 0.193. The van der Waals surface area contributed by atoms with E-state index < -0.39 is 0 Å². The molecule has 0 aliphatic heterocycles. The first-order valence-electron chi connectivity index (χ1n) is 21.2. The van der Waals surface area contributed by atoms with Crippen LogP contribution in [0.4, 0.5) is 34.1 Å². The maximum absolute atomic E-state index is 2.57. The smallest absolute Gasteiger partial charge is 0.0380 e. The maximum Gasteiger partial charge on any atom is -0.0380 e. The third-order valence-electron chi connectivity index (χ3n) is 12.6. The van der Waals surface area contributed by atoms with Crippen LogP contribution in [0.25, 0.3) is 79.3 Å². The predicted molar refractivity (Wildman–Crippen MR) is 265 cm³/mol. The maximum atomic E-state index is 2.57. The summed E-state index contributed by atoms with van der Waals surface area (Å²) in [5.41, 5.74) is 13.0. The van der Waals surface area contributed by atoms with Gasteiger partial charge in [-0.1, -0.05) is 42.5 Å². The van der Waals surface area contributed by atoms with Crippen molar-refractivity contribution in [2.45, 2.75) is 0 Å². The van der Waals surface area contributed by atoms with Crippen molar-refractivity contribution < 1.29 is 0 Å². The van der Waals surface area contributed by atoms with Gasteiger partial charge < -0.3 is 4.90 Å². The fourth-order valence-corrected chi connectivity index (χ4v) is 12.5. The molecule has 0 radical (unpaired) electrons. The number of hydrogen-bond donors (Lipinski definition) is 0. The van der Waals surface area contributed by atoms with Gasteiger partial charge in [-0.15, -0.1) is 0 Å². The molecule has 0 aliphatic carbocycles. The average molecular weight is 855 g/mol. The Bertz CT molecular complexity index is 3770. The van der Waals surface area contributed by atoms with Crippen LogP contribution in [0, 0.1) is 0 Å². The predicted octanol–water partition coefficient (Wildman–Crippen LogP) is 16.0. The summed E-state index contributed by atoms with van der Waals surface area (Å²) in [7, 11) is 0. The first kappa shape index (κ1) is 35.2. The molecule has 10 aromatic carbocycles. The van der Waals surface area contributed by atoms with Gasteiger partial charge >= 0.3 is 277 Å². The van der Waals surface area contributed by atoms with E-state index in [4.69, 9.17) is 0 Å². The van der Waals surface area contributed by atoms with Gasteiger partial charge in [0.25, 0.3) is 0 Å². The number of aromatic nitrogens is 1. The van der Waals surface area contributed by atoms with Crippen LogP contribution in [0.15, 0.2) is 224 Å². The van der Waals surface area contributed by atoms with Crippen molar-refractivity contribution in [3.05, 3.63) is 224 Å². The van der Waals surface area contributed by atoms with Crippen LogP contribution in [-0.2, 0) is 0 Å². The zero-order valence-electron chi connectivity index (χ0n) is 33.6. The molecule has 0 N–H and O–H groups in total. The molecule has 0 amide bonds. The molecule has 290 valence electrons. The molecular formula is C58H37N3Se. The molecule has 62 heavy (non-hydrogen) atoms. The molecule has 0 unspecified atom stereocenters. The Labute approximate surface area is 364 Å². The third-order valence-corrected chi connectivity index (χ3v) is 14.9. The van der Waals surface area contributed by atoms with E-state index >= 15 is 0 Å². The van der Waals surface area contributed by atoms with Crippen molar-refractivity contribution >= 4 is 117 Å². The van der Waals surface area contributed by atoms with Crippen LogP contribution >= 0.6 is 0 Å². The molecule has 13 aromatic rings. The van der Waals surface area contributed by atoms with Gasteiger partial charge in [0.05, 0.1) is 0 Å². The number of anilines is 6. The second-order valence-corrected chi connectivity index (χ2v) is 18.4. The Morgan fingerprint density at radius 2 is 0.871 bits per heavy atom. The summed E-state index contributed by atoms with van der Waals surface area (Å²) < 4.78 is 5.49. The standard InChI is InChI=1S/C58H37N3Se/c1-4-17-40(18-5-1)59(41-19-6-2-7-20-41)43-23-13-24-44(37-43)60(42-21-8-3-9-22-42)45-32-33-47-38(34-45)16-12-26-46(47)39-35-53-57-55(36-39)62-54-31-15-27-49(56(54)57)51-29-14-28-50-48-25-10-11-30-52(48)61(53)58(50)51/h1-37H. The Balaban J connectivity index is 1.00. The second kappa shape index (κ2) is 14.0. The van der Waals surface area contributed by atoms with E-state index in [-0.39, 0.29) is 14.5 Å². The third kappa shape index (κ3) is 5.38. The number of rotatable bonds is 7. The summed E-state index contributed by atoms with van der Waals surface area (Å²) in [4.78, 5) is 4.70. The van der Waals surface area contributed by atoms with Crippen LogP contribution in [-0.4, -0.2) is 18.9 Å². The normalized spacial score (nSPS) is 11.9. The Kier molecular flexibility index (Phi) is 7.92. The monoisotopic (exact) mass is 855 g/mol. The van der Waals surface area contributed by atoms with Crippen LogP contribution in [0.2, 0.25) is 0 Å². The Hall–Kier alpha value is -7.62. The summed E-state index contributed by atoms with van der Waals surface area (Å²) in [5, 5.41) is 10.5. The van der Waals surface area contributed by atoms with Crippen molar-refractivity contribution in [2.75, 3.05) is 9.80 Å². The van der Waals surface area contributed by atoms with Crippen molar-refractivity contribution in [1.82, 2.24) is 4.40 Å². The first-order valence-corrected chi connectivity index (χ1v) is 22.9. The molecule has 0 saturated carbocycles. The van der Waals surface area contributed by atoms with Gasteiger partial charge in [-0.05, 0) is 30.3 Å². The molecule has 4 heteroatoms. The van der Waals surface area contributed by atoms with E-state index in [1.165, 1.54) is 79.3 Å². The van der Waals surface area contributed by atoms with Crippen molar-refractivity contribution in [1.29, 1.82) is 0 Å². The zero-order valence-corrected chi connectivity index (χ0v) is 35.3. The van der Waals surface area contributed by atoms with Gasteiger partial charge in [0, 0.05) is 11.4 Å². The van der Waals surface area contributed by atoms with Gasteiger partial charge in [0.2, 0.25) is 0 Å². The number of nitrogens with zero attached hydrogens (tertiary/aromatic N) is 3. The van der Waals surface area contributed by atoms with E-state index in [1.807, 2.05) is 0 Å². The largest absolute Gasteiger partial charge is 0.0602 e. The number of benzene rings is 10. The van der Waals surface area contributed by atoms with Crippen LogP contribution < -0.4 is 9.80 Å². The molecule has 0 saturated heterocycles. The molecule has 3 heterocycles. The average Bonchev–Trinajstić information content (AvgIpc) is 3.85. The Morgan fingerprint density at radius 1 is 0.323 bits per heavy atom. The van der Waals surface area contributed by atoms with Gasteiger partial charge in [-0.3, -0.25) is 0 Å². The molecule has 0 fully saturated rings. The van der Waals surface area contributed by atoms with Gasteiger partial charge in [-0.25, -0.2) is 0 Å². The van der Waals surface area contributed by atoms with E-state index in [2.05, 4.69) is 239 Å². The summed E-state index contributed by atoms with van der Waals surface area (Å²) >= 11 is 0.193. The SMILES string of the molecule is c1ccc(N(c2ccccc2)c2cccc(N(c3ccccc3)c3ccc4c(-c5cc6[se]c7cccc8c9cccc%10c%11ccccc%11n(c(c5)c6c78)c9%10)cccc4c3)c2)cc1. The zero-order chi connectivity index (χ0) is 40.7. The molecule has 3 nitrogen and oxygen atoms in total. The minimum Gasteiger partial charge on any atom is -0.0602 e. The Morgan fingerprint density at radius 3 is 1.60 bits per heavy atom. The summed E-state index contributed by atoms with van der Waals surface area (Å²) in [6.07, 6.45) is 0. The van der Waals surface area contributed by atoms with Gasteiger partial charge in [0.1, 0.15) is 0 Å². The molecule has 3 aromatic heterocycles. The number of fused-ring (bicyclic) bond motifs is 6. The summed E-state index contributed by atoms with van der Waals surface area (Å²) in [5.74, 6) is 0. The fraction of sp³-hybridized carbons (Fsp3) is 0. The van der Waals surface area contributed by atoms with Crippen molar-refractivity contribution in [2.24, 2.45) is 0 Å². The quantitative estimate of drug-likeness (QED) is 0.148. The number of hydrogen-bond acceptors (Lipinski definition) is 2. The second-order valence-electron chi connectivity index (χ2n) is 16.1. The van der Waals surface area contributed by atoms with E-state index in [1.54, 1.807) is 0 Å². The first-order chi connectivity index (χ1) is 30.8. The van der Waals surface area contributed by atoms with Crippen molar-refractivity contribution in [3.8, 4) is 11.1 Å².